The van der Waals surface area contributed by atoms with Gasteiger partial charge in [-0.15, -0.1) is 0 Å². The van der Waals surface area contributed by atoms with Crippen LogP contribution in [-0.2, 0) is 29.7 Å². The standard InChI is InChI=1S/2C7H13N3O/c1-6(2)11-4-7-8-5-10(3)9-7;1-5(2)11-4-7-8-6(3)9-10-7/h5-6H,4H2,1-3H3;5H,4H2,1-3H3,(H,8,9,10). The van der Waals surface area contributed by atoms with Crippen molar-refractivity contribution in [1.82, 2.24) is 29.9 Å². The van der Waals surface area contributed by atoms with Gasteiger partial charge in [-0.05, 0) is 34.6 Å². The van der Waals surface area contributed by atoms with Crippen LogP contribution in [0.4, 0.5) is 0 Å². The van der Waals surface area contributed by atoms with Crippen LogP contribution in [0.1, 0.15) is 45.2 Å². The van der Waals surface area contributed by atoms with Gasteiger partial charge in [0.05, 0.1) is 12.2 Å². The molecule has 0 aliphatic heterocycles. The van der Waals surface area contributed by atoms with Crippen molar-refractivity contribution >= 4 is 0 Å². The van der Waals surface area contributed by atoms with Crippen LogP contribution in [0.2, 0.25) is 0 Å². The maximum Gasteiger partial charge on any atom is 0.176 e. The highest BCUT2D eigenvalue weighted by Crippen LogP contribution is 1.97. The Balaban J connectivity index is 0.000000220. The first-order valence-corrected chi connectivity index (χ1v) is 7.32. The molecule has 2 rings (SSSR count). The molecule has 1 N–H and O–H groups in total. The maximum absolute atomic E-state index is 5.30. The summed E-state index contributed by atoms with van der Waals surface area (Å²) >= 11 is 0. The average molecular weight is 310 g/mol. The fourth-order valence-electron chi connectivity index (χ4n) is 1.39. The van der Waals surface area contributed by atoms with E-state index in [0.717, 1.165) is 17.5 Å². The Morgan fingerprint density at radius 2 is 1.68 bits per heavy atom. The zero-order chi connectivity index (χ0) is 16.5. The lowest BCUT2D eigenvalue weighted by Crippen LogP contribution is -2.03. The van der Waals surface area contributed by atoms with E-state index in [1.807, 2.05) is 41.7 Å². The molecule has 22 heavy (non-hydrogen) atoms. The van der Waals surface area contributed by atoms with Gasteiger partial charge in [0.2, 0.25) is 0 Å². The molecule has 0 unspecified atom stereocenters. The first-order chi connectivity index (χ1) is 10.4. The smallest absolute Gasteiger partial charge is 0.176 e. The summed E-state index contributed by atoms with van der Waals surface area (Å²) in [7, 11) is 1.84. The minimum absolute atomic E-state index is 0.230. The van der Waals surface area contributed by atoms with Gasteiger partial charge in [0, 0.05) is 7.05 Å². The van der Waals surface area contributed by atoms with E-state index in [1.165, 1.54) is 0 Å². The van der Waals surface area contributed by atoms with Crippen LogP contribution in [0.5, 0.6) is 0 Å². The van der Waals surface area contributed by atoms with E-state index in [0.29, 0.717) is 13.2 Å². The third-order valence-corrected chi connectivity index (χ3v) is 2.38. The van der Waals surface area contributed by atoms with Gasteiger partial charge in [-0.25, -0.2) is 9.97 Å². The molecule has 2 aromatic heterocycles. The number of rotatable bonds is 6. The number of H-pyrrole nitrogens is 1. The van der Waals surface area contributed by atoms with Crippen molar-refractivity contribution in [3.05, 3.63) is 23.8 Å². The summed E-state index contributed by atoms with van der Waals surface area (Å²) in [5.74, 6) is 2.28. The fraction of sp³-hybridized carbons (Fsp3) is 0.714. The van der Waals surface area contributed by atoms with E-state index in [9.17, 15) is 0 Å². The van der Waals surface area contributed by atoms with Gasteiger partial charge in [0.25, 0.3) is 0 Å². The van der Waals surface area contributed by atoms with Crippen LogP contribution in [0.3, 0.4) is 0 Å². The van der Waals surface area contributed by atoms with Crippen LogP contribution >= 0.6 is 0 Å². The molecule has 0 amide bonds. The van der Waals surface area contributed by atoms with Crippen LogP contribution in [0, 0.1) is 6.92 Å². The zero-order valence-corrected chi connectivity index (χ0v) is 14.2. The molecule has 0 bridgehead atoms. The summed E-state index contributed by atoms with van der Waals surface area (Å²) in [4.78, 5) is 8.11. The summed E-state index contributed by atoms with van der Waals surface area (Å²) in [6, 6.07) is 0. The molecule has 8 nitrogen and oxygen atoms in total. The molecular weight excluding hydrogens is 284 g/mol. The van der Waals surface area contributed by atoms with Crippen LogP contribution in [0.25, 0.3) is 0 Å². The first kappa shape index (κ1) is 18.2. The number of nitrogens with one attached hydrogen (secondary N) is 1. The van der Waals surface area contributed by atoms with Gasteiger partial charge in [-0.1, -0.05) is 0 Å². The summed E-state index contributed by atoms with van der Waals surface area (Å²) in [6.07, 6.45) is 2.13. The number of hydrogen-bond donors (Lipinski definition) is 1. The highest BCUT2D eigenvalue weighted by atomic mass is 16.5. The second-order valence-corrected chi connectivity index (χ2v) is 5.39. The molecule has 0 saturated carbocycles. The van der Waals surface area contributed by atoms with Gasteiger partial charge in [-0.3, -0.25) is 9.78 Å². The quantitative estimate of drug-likeness (QED) is 0.874. The van der Waals surface area contributed by atoms with Gasteiger partial charge < -0.3 is 9.47 Å². The first-order valence-electron chi connectivity index (χ1n) is 7.32. The van der Waals surface area contributed by atoms with Crippen LogP contribution in [0.15, 0.2) is 6.33 Å². The molecule has 0 saturated heterocycles. The Labute approximate surface area is 131 Å². The van der Waals surface area contributed by atoms with E-state index >= 15 is 0 Å². The molecular formula is C14H26N6O2. The summed E-state index contributed by atoms with van der Waals surface area (Å²) in [6.45, 7) is 10.8. The Kier molecular flexibility index (Phi) is 7.69. The maximum atomic E-state index is 5.30. The van der Waals surface area contributed by atoms with E-state index < -0.39 is 0 Å². The third kappa shape index (κ3) is 7.84. The van der Waals surface area contributed by atoms with Gasteiger partial charge in [-0.2, -0.15) is 10.2 Å². The van der Waals surface area contributed by atoms with Crippen LogP contribution < -0.4 is 0 Å². The van der Waals surface area contributed by atoms with Crippen molar-refractivity contribution in [3.8, 4) is 0 Å². The molecule has 8 heteroatoms. The highest BCUT2D eigenvalue weighted by molar-refractivity contribution is 4.85. The number of nitrogens with zero attached hydrogens (tertiary/aromatic N) is 5. The molecule has 2 aromatic rings. The van der Waals surface area contributed by atoms with E-state index in [4.69, 9.17) is 9.47 Å². The summed E-state index contributed by atoms with van der Waals surface area (Å²) in [5.41, 5.74) is 0. The van der Waals surface area contributed by atoms with Crippen LogP contribution in [-0.4, -0.2) is 42.2 Å². The van der Waals surface area contributed by atoms with Crippen molar-refractivity contribution in [3.63, 3.8) is 0 Å². The highest BCUT2D eigenvalue weighted by Gasteiger charge is 2.00. The molecule has 0 aliphatic carbocycles. The molecule has 2 heterocycles. The minimum Gasteiger partial charge on any atom is -0.371 e. The lowest BCUT2D eigenvalue weighted by molar-refractivity contribution is 0.0612. The van der Waals surface area contributed by atoms with Crippen molar-refractivity contribution < 1.29 is 9.47 Å². The van der Waals surface area contributed by atoms with Gasteiger partial charge in [0.15, 0.2) is 11.6 Å². The average Bonchev–Trinajstić information content (AvgIpc) is 3.03. The van der Waals surface area contributed by atoms with Crippen molar-refractivity contribution in [1.29, 1.82) is 0 Å². The topological polar surface area (TPSA) is 90.7 Å². The van der Waals surface area contributed by atoms with Crippen molar-refractivity contribution in [2.24, 2.45) is 7.05 Å². The number of hydrogen-bond acceptors (Lipinski definition) is 6. The lowest BCUT2D eigenvalue weighted by Gasteiger charge is -2.02. The number of aromatic amines is 1. The minimum atomic E-state index is 0.230. The normalized spacial score (nSPS) is 10.9. The number of aromatic nitrogens is 6. The zero-order valence-electron chi connectivity index (χ0n) is 14.2. The second kappa shape index (κ2) is 9.26. The Hall–Kier alpha value is -1.80. The molecule has 0 radical (unpaired) electrons. The van der Waals surface area contributed by atoms with Crippen molar-refractivity contribution in [2.45, 2.75) is 60.0 Å². The van der Waals surface area contributed by atoms with Gasteiger partial charge in [0.1, 0.15) is 25.4 Å². The third-order valence-electron chi connectivity index (χ3n) is 2.38. The van der Waals surface area contributed by atoms with E-state index in [2.05, 4.69) is 25.3 Å². The predicted molar refractivity (Wildman–Crippen MR) is 82.0 cm³/mol. The lowest BCUT2D eigenvalue weighted by atomic mass is 10.5. The molecule has 0 spiro atoms. The Morgan fingerprint density at radius 1 is 1.09 bits per heavy atom. The molecule has 0 aromatic carbocycles. The summed E-state index contributed by atoms with van der Waals surface area (Å²) in [5, 5.41) is 10.7. The Bertz CT molecular complexity index is 487. The van der Waals surface area contributed by atoms with Crippen molar-refractivity contribution in [2.75, 3.05) is 0 Å². The largest absolute Gasteiger partial charge is 0.371 e. The predicted octanol–water partition coefficient (Wildman–Crippen LogP) is 1.78. The monoisotopic (exact) mass is 310 g/mol. The molecule has 0 atom stereocenters. The second-order valence-electron chi connectivity index (χ2n) is 5.39. The number of ether oxygens (including phenoxy) is 2. The van der Waals surface area contributed by atoms with E-state index in [-0.39, 0.29) is 12.2 Å². The summed E-state index contributed by atoms with van der Waals surface area (Å²) < 4.78 is 12.3. The molecule has 0 aliphatic rings. The SMILES string of the molecule is CC(C)OCc1ncn(C)n1.Cc1nc(COC(C)C)n[nH]1. The Morgan fingerprint density at radius 3 is 2.09 bits per heavy atom. The van der Waals surface area contributed by atoms with E-state index in [1.54, 1.807) is 11.0 Å². The van der Waals surface area contributed by atoms with Gasteiger partial charge >= 0.3 is 0 Å². The molecule has 0 fully saturated rings. The molecule has 124 valence electrons. The fourth-order valence-corrected chi connectivity index (χ4v) is 1.39. The number of aryl methyl sites for hydroxylation is 2.